The zero-order valence-corrected chi connectivity index (χ0v) is 16.5. The van der Waals surface area contributed by atoms with Gasteiger partial charge in [-0.1, -0.05) is 0 Å². The molecule has 2 aromatic rings. The number of aliphatic hydroxyl groups is 1. The maximum absolute atomic E-state index is 13.1. The average molecular weight is 383 g/mol. The Balaban J connectivity index is 1.54. The molecule has 2 aliphatic heterocycles. The number of hydrogen-bond acceptors (Lipinski definition) is 5. The van der Waals surface area contributed by atoms with Crippen LogP contribution in [0.1, 0.15) is 54.4 Å². The van der Waals surface area contributed by atoms with Gasteiger partial charge in [-0.3, -0.25) is 4.79 Å². The molecule has 7 nitrogen and oxygen atoms in total. The Morgan fingerprint density at radius 3 is 2.71 bits per heavy atom. The highest BCUT2D eigenvalue weighted by Crippen LogP contribution is 2.32. The van der Waals surface area contributed by atoms with E-state index >= 15 is 0 Å². The fourth-order valence-corrected chi connectivity index (χ4v) is 4.42. The smallest absolute Gasteiger partial charge is 0.257 e. The lowest BCUT2D eigenvalue weighted by atomic mass is 9.91. The molecule has 2 aliphatic rings. The molecular formula is C21H29N5O2. The van der Waals surface area contributed by atoms with E-state index in [-0.39, 0.29) is 11.8 Å². The minimum atomic E-state index is -0.618. The second kappa shape index (κ2) is 8.31. The first-order chi connectivity index (χ1) is 13.6. The molecule has 0 spiro atoms. The van der Waals surface area contributed by atoms with Crippen molar-refractivity contribution < 1.29 is 9.90 Å². The maximum atomic E-state index is 13.1. The molecule has 2 fully saturated rings. The molecule has 150 valence electrons. The molecule has 1 N–H and O–H groups in total. The van der Waals surface area contributed by atoms with Crippen molar-refractivity contribution in [2.24, 2.45) is 13.0 Å². The summed E-state index contributed by atoms with van der Waals surface area (Å²) in [6.45, 7) is 3.17. The van der Waals surface area contributed by atoms with E-state index in [0.29, 0.717) is 17.9 Å². The van der Waals surface area contributed by atoms with E-state index in [1.807, 2.05) is 34.8 Å². The predicted molar refractivity (Wildman–Crippen MR) is 107 cm³/mol. The summed E-state index contributed by atoms with van der Waals surface area (Å²) in [5.74, 6) is 1.58. The van der Waals surface area contributed by atoms with Crippen LogP contribution in [-0.4, -0.2) is 56.6 Å². The lowest BCUT2D eigenvalue weighted by Crippen LogP contribution is -2.41. The van der Waals surface area contributed by atoms with Crippen molar-refractivity contribution in [3.8, 4) is 0 Å². The van der Waals surface area contributed by atoms with E-state index in [1.165, 1.54) is 6.42 Å². The average Bonchev–Trinajstić information content (AvgIpc) is 3.19. The first-order valence-corrected chi connectivity index (χ1v) is 10.3. The normalized spacial score (nSPS) is 21.6. The van der Waals surface area contributed by atoms with Crippen LogP contribution in [0.4, 0.5) is 5.82 Å². The Morgan fingerprint density at radius 1 is 1.14 bits per heavy atom. The van der Waals surface area contributed by atoms with E-state index in [1.54, 1.807) is 12.4 Å². The van der Waals surface area contributed by atoms with Gasteiger partial charge in [0.1, 0.15) is 17.7 Å². The van der Waals surface area contributed by atoms with Crippen LogP contribution < -0.4 is 4.90 Å². The number of aromatic nitrogens is 3. The minimum absolute atomic E-state index is 0.0646. The van der Waals surface area contributed by atoms with Crippen molar-refractivity contribution >= 4 is 11.7 Å². The fraction of sp³-hybridized carbons (Fsp3) is 0.571. The third-order valence-electron chi connectivity index (χ3n) is 5.99. The molecular weight excluding hydrogens is 354 g/mol. The standard InChI is InChI=1S/C21H29N5O2/c1-24-14-10-23-20(24)18(27)16-7-6-13-26(15-16)19-17(8-5-9-22-19)21(28)25-11-3-2-4-12-25/h5,8-10,14,16,18,27H,2-4,6-7,11-13,15H2,1H3. The Bertz CT molecular complexity index is 815. The number of amides is 1. The zero-order valence-electron chi connectivity index (χ0n) is 16.5. The third-order valence-corrected chi connectivity index (χ3v) is 5.99. The van der Waals surface area contributed by atoms with Crippen molar-refractivity contribution in [1.29, 1.82) is 0 Å². The van der Waals surface area contributed by atoms with Gasteiger partial charge in [0.05, 0.1) is 5.56 Å². The molecule has 2 saturated heterocycles. The van der Waals surface area contributed by atoms with Gasteiger partial charge < -0.3 is 19.5 Å². The molecule has 1 amide bonds. The molecule has 2 aromatic heterocycles. The number of carbonyl (C=O) groups is 1. The largest absolute Gasteiger partial charge is 0.385 e. The van der Waals surface area contributed by atoms with Crippen molar-refractivity contribution in [3.05, 3.63) is 42.1 Å². The van der Waals surface area contributed by atoms with Gasteiger partial charge in [0.25, 0.3) is 5.91 Å². The fourth-order valence-electron chi connectivity index (χ4n) is 4.42. The second-order valence-corrected chi connectivity index (χ2v) is 7.92. The number of aryl methyl sites for hydroxylation is 1. The van der Waals surface area contributed by atoms with Gasteiger partial charge in [-0.05, 0) is 44.2 Å². The molecule has 28 heavy (non-hydrogen) atoms. The van der Waals surface area contributed by atoms with Crippen molar-refractivity contribution in [2.75, 3.05) is 31.1 Å². The number of anilines is 1. The summed E-state index contributed by atoms with van der Waals surface area (Å²) in [6.07, 6.45) is 9.94. The van der Waals surface area contributed by atoms with Crippen molar-refractivity contribution in [3.63, 3.8) is 0 Å². The number of nitrogens with zero attached hydrogens (tertiary/aromatic N) is 5. The summed E-state index contributed by atoms with van der Waals surface area (Å²) in [4.78, 5) is 26.1. The van der Waals surface area contributed by atoms with Crippen molar-refractivity contribution in [1.82, 2.24) is 19.4 Å². The number of carbonyl (C=O) groups excluding carboxylic acids is 1. The van der Waals surface area contributed by atoms with Crippen LogP contribution in [0.2, 0.25) is 0 Å². The first kappa shape index (κ1) is 18.9. The minimum Gasteiger partial charge on any atom is -0.385 e. The highest BCUT2D eigenvalue weighted by molar-refractivity contribution is 5.99. The van der Waals surface area contributed by atoms with E-state index in [0.717, 1.165) is 51.1 Å². The number of hydrogen-bond donors (Lipinski definition) is 1. The Labute approximate surface area is 166 Å². The van der Waals surface area contributed by atoms with Crippen molar-refractivity contribution in [2.45, 2.75) is 38.2 Å². The number of likely N-dealkylation sites (tertiary alicyclic amines) is 1. The van der Waals surface area contributed by atoms with Gasteiger partial charge >= 0.3 is 0 Å². The van der Waals surface area contributed by atoms with Crippen LogP contribution in [0.5, 0.6) is 0 Å². The summed E-state index contributed by atoms with van der Waals surface area (Å²) in [5, 5.41) is 10.9. The van der Waals surface area contributed by atoms with Gasteiger partial charge in [-0.25, -0.2) is 9.97 Å². The van der Waals surface area contributed by atoms with E-state index in [4.69, 9.17) is 0 Å². The molecule has 0 aromatic carbocycles. The quantitative estimate of drug-likeness (QED) is 0.877. The van der Waals surface area contributed by atoms with E-state index in [9.17, 15) is 9.90 Å². The maximum Gasteiger partial charge on any atom is 0.257 e. The zero-order chi connectivity index (χ0) is 19.5. The molecule has 0 bridgehead atoms. The van der Waals surface area contributed by atoms with Crippen LogP contribution in [0.3, 0.4) is 0 Å². The molecule has 0 radical (unpaired) electrons. The van der Waals surface area contributed by atoms with E-state index in [2.05, 4.69) is 14.9 Å². The molecule has 2 atom stereocenters. The molecule has 4 heterocycles. The Hall–Kier alpha value is -2.41. The summed E-state index contributed by atoms with van der Waals surface area (Å²) >= 11 is 0. The summed E-state index contributed by atoms with van der Waals surface area (Å²) in [5.41, 5.74) is 0.677. The molecule has 2 unspecified atom stereocenters. The number of imidazole rings is 1. The highest BCUT2D eigenvalue weighted by atomic mass is 16.3. The van der Waals surface area contributed by atoms with Crippen LogP contribution in [-0.2, 0) is 7.05 Å². The highest BCUT2D eigenvalue weighted by Gasteiger charge is 2.32. The SMILES string of the molecule is Cn1ccnc1C(O)C1CCCN(c2ncccc2C(=O)N2CCCCC2)C1. The lowest BCUT2D eigenvalue weighted by molar-refractivity contribution is 0.0723. The lowest BCUT2D eigenvalue weighted by Gasteiger charge is -2.37. The number of aliphatic hydroxyl groups excluding tert-OH is 1. The Morgan fingerprint density at radius 2 is 1.96 bits per heavy atom. The third kappa shape index (κ3) is 3.76. The van der Waals surface area contributed by atoms with Crippen LogP contribution in [0.25, 0.3) is 0 Å². The number of rotatable bonds is 4. The van der Waals surface area contributed by atoms with E-state index < -0.39 is 6.10 Å². The summed E-state index contributed by atoms with van der Waals surface area (Å²) in [6, 6.07) is 3.73. The number of piperidine rings is 2. The van der Waals surface area contributed by atoms with Gasteiger partial charge in [0.15, 0.2) is 0 Å². The second-order valence-electron chi connectivity index (χ2n) is 7.92. The monoisotopic (exact) mass is 383 g/mol. The van der Waals surface area contributed by atoms with Crippen LogP contribution in [0, 0.1) is 5.92 Å². The van der Waals surface area contributed by atoms with Gasteiger partial charge in [0.2, 0.25) is 0 Å². The van der Waals surface area contributed by atoms with Crippen LogP contribution >= 0.6 is 0 Å². The van der Waals surface area contributed by atoms with Crippen LogP contribution in [0.15, 0.2) is 30.7 Å². The predicted octanol–water partition coefficient (Wildman–Crippen LogP) is 2.39. The van der Waals surface area contributed by atoms with Gasteiger partial charge in [-0.2, -0.15) is 0 Å². The molecule has 0 aliphatic carbocycles. The summed E-state index contributed by atoms with van der Waals surface area (Å²) in [7, 11) is 1.90. The molecule has 0 saturated carbocycles. The first-order valence-electron chi connectivity index (χ1n) is 10.3. The van der Waals surface area contributed by atoms with Gasteiger partial charge in [-0.15, -0.1) is 0 Å². The molecule has 4 rings (SSSR count). The van der Waals surface area contributed by atoms with Gasteiger partial charge in [0, 0.05) is 57.7 Å². The number of pyridine rings is 1. The molecule has 7 heteroatoms. The topological polar surface area (TPSA) is 74.5 Å². The Kier molecular flexibility index (Phi) is 5.62. The summed E-state index contributed by atoms with van der Waals surface area (Å²) < 4.78 is 1.87.